The normalized spacial score (nSPS) is 7.56. The van der Waals surface area contributed by atoms with Crippen LogP contribution < -0.4 is 0 Å². The van der Waals surface area contributed by atoms with Gasteiger partial charge in [0.15, 0.2) is 0 Å². The van der Waals surface area contributed by atoms with Crippen LogP contribution in [0.1, 0.15) is 40.5 Å². The van der Waals surface area contributed by atoms with Crippen LogP contribution in [0, 0.1) is 37.7 Å². The van der Waals surface area contributed by atoms with Gasteiger partial charge in [-0.1, -0.05) is 38.8 Å². The topological polar surface area (TPSA) is 0 Å². The maximum atomic E-state index is 2.18. The van der Waals surface area contributed by atoms with Crippen molar-refractivity contribution in [3.63, 3.8) is 0 Å². The zero-order chi connectivity index (χ0) is 6.83. The largest absolute Gasteiger partial charge is 0.0919 e. The third kappa shape index (κ3) is 49.0. The molecule has 0 N–H and O–H groups in total. The summed E-state index contributed by atoms with van der Waals surface area (Å²) < 4.78 is 0. The summed E-state index contributed by atoms with van der Waals surface area (Å²) in [5, 5.41) is 0. The predicted octanol–water partition coefficient (Wildman–Crippen LogP) is 3.39. The maximum absolute atomic E-state index is 2.18. The van der Waals surface area contributed by atoms with E-state index in [1.807, 2.05) is 26.0 Å². The van der Waals surface area contributed by atoms with Crippen LogP contribution in [0.2, 0.25) is 0 Å². The summed E-state index contributed by atoms with van der Waals surface area (Å²) in [4.78, 5) is 0. The van der Waals surface area contributed by atoms with Gasteiger partial charge in [-0.25, -0.2) is 0 Å². The third-order valence-electron chi connectivity index (χ3n) is 0.833. The van der Waals surface area contributed by atoms with Gasteiger partial charge in [-0.05, 0) is 13.8 Å². The minimum atomic E-state index is 0. The fourth-order valence-electron chi connectivity index (χ4n) is 0. The Morgan fingerprint density at radius 3 is 1.11 bits per heavy atom. The molecule has 0 fully saturated rings. The third-order valence-corrected chi connectivity index (χ3v) is 0.833. The van der Waals surface area contributed by atoms with Gasteiger partial charge in [0, 0.05) is 37.7 Å². The second-order valence-electron chi connectivity index (χ2n) is 1.67. The Morgan fingerprint density at radius 2 is 1.11 bits per heavy atom. The maximum Gasteiger partial charge on any atom is 0 e. The summed E-state index contributed by atoms with van der Waals surface area (Å²) in [5.41, 5.74) is 0. The van der Waals surface area contributed by atoms with Crippen molar-refractivity contribution >= 4 is 0 Å². The molecule has 0 saturated carbocycles. The van der Waals surface area contributed by atoms with E-state index >= 15 is 0 Å². The second kappa shape index (κ2) is 23.0. The van der Waals surface area contributed by atoms with E-state index < -0.39 is 0 Å². The van der Waals surface area contributed by atoms with Crippen LogP contribution in [-0.2, 0) is 0 Å². The van der Waals surface area contributed by atoms with Gasteiger partial charge >= 0.3 is 0 Å². The second-order valence-corrected chi connectivity index (χ2v) is 1.67. The van der Waals surface area contributed by atoms with E-state index in [1.54, 1.807) is 0 Å². The van der Waals surface area contributed by atoms with Crippen LogP contribution >= 0.6 is 0 Å². The fourth-order valence-corrected chi connectivity index (χ4v) is 0. The summed E-state index contributed by atoms with van der Waals surface area (Å²) in [6, 6.07) is 0. The van der Waals surface area contributed by atoms with Crippen molar-refractivity contribution in [3.05, 3.63) is 12.2 Å². The van der Waals surface area contributed by atoms with E-state index in [4.69, 9.17) is 0 Å². The van der Waals surface area contributed by atoms with Gasteiger partial charge in [-0.3, -0.25) is 0 Å². The predicted molar refractivity (Wildman–Crippen MR) is 41.1 cm³/mol. The van der Waals surface area contributed by atoms with E-state index in [9.17, 15) is 0 Å². The first-order valence-electron chi connectivity index (χ1n) is 3.40. The van der Waals surface area contributed by atoms with Crippen molar-refractivity contribution in [2.24, 2.45) is 0 Å². The molecule has 0 rings (SSSR count). The molecular formula is C8H18Ar. The van der Waals surface area contributed by atoms with Crippen molar-refractivity contribution in [1.29, 1.82) is 0 Å². The van der Waals surface area contributed by atoms with Crippen LogP contribution in [0.15, 0.2) is 12.2 Å². The zero-order valence-electron chi connectivity index (χ0n) is 6.92. The molecule has 1 heteroatoms. The Kier molecular flexibility index (Phi) is 42.3. The van der Waals surface area contributed by atoms with Crippen molar-refractivity contribution in [3.8, 4) is 0 Å². The SMILES string of the molecule is CC=CC.CCCC.[Ar]. The van der Waals surface area contributed by atoms with Crippen LogP contribution in [0.5, 0.6) is 0 Å². The average Bonchev–Trinajstić information content (AvgIpc) is 1.88. The summed E-state index contributed by atoms with van der Waals surface area (Å²) >= 11 is 0. The first-order valence-corrected chi connectivity index (χ1v) is 3.40. The Balaban J connectivity index is -0.0000000720. The van der Waals surface area contributed by atoms with Crippen LogP contribution in [0.3, 0.4) is 0 Å². The molecule has 0 unspecified atom stereocenters. The molecule has 0 atom stereocenters. The minimum Gasteiger partial charge on any atom is -0.0919 e. The molecular weight excluding hydrogens is 136 g/mol. The summed E-state index contributed by atoms with van der Waals surface area (Å²) in [6.45, 7) is 8.36. The van der Waals surface area contributed by atoms with E-state index in [-0.39, 0.29) is 37.7 Å². The first kappa shape index (κ1) is 16.5. The van der Waals surface area contributed by atoms with E-state index in [0.717, 1.165) is 0 Å². The number of allylic oxidation sites excluding steroid dienone is 2. The standard InChI is InChI=1S/C4H10.C4H8.Ar/c2*1-3-4-2;/h3-4H2,1-2H3;3-4H,1-2H3;. The molecule has 0 aliphatic carbocycles. The molecule has 0 aliphatic heterocycles. The quantitative estimate of drug-likeness (QED) is 0.508. The summed E-state index contributed by atoms with van der Waals surface area (Å²) in [7, 11) is 0. The number of unbranched alkanes of at least 4 members (excludes halogenated alkanes) is 1. The molecule has 0 nitrogen and oxygen atoms in total. The van der Waals surface area contributed by atoms with Gasteiger partial charge in [-0.2, -0.15) is 0 Å². The first-order chi connectivity index (χ1) is 3.83. The molecule has 0 heterocycles. The Labute approximate surface area is 89.7 Å². The van der Waals surface area contributed by atoms with E-state index in [0.29, 0.717) is 0 Å². The van der Waals surface area contributed by atoms with Crippen molar-refractivity contribution in [2.45, 2.75) is 40.5 Å². The zero-order valence-corrected chi connectivity index (χ0v) is 7.63. The molecule has 0 aromatic carbocycles. The van der Waals surface area contributed by atoms with E-state index in [2.05, 4.69) is 13.8 Å². The fraction of sp³-hybridized carbons (Fsp3) is 0.750. The van der Waals surface area contributed by atoms with Crippen molar-refractivity contribution in [2.75, 3.05) is 0 Å². The van der Waals surface area contributed by atoms with Crippen molar-refractivity contribution in [1.82, 2.24) is 0 Å². The molecule has 0 aliphatic rings. The molecule has 58 valence electrons. The van der Waals surface area contributed by atoms with Gasteiger partial charge in [-0.15, -0.1) is 0 Å². The van der Waals surface area contributed by atoms with Crippen LogP contribution in [0.4, 0.5) is 0 Å². The molecule has 0 radical (unpaired) electrons. The van der Waals surface area contributed by atoms with Crippen molar-refractivity contribution < 1.29 is 37.7 Å². The molecule has 0 spiro atoms. The Bertz CT molecular complexity index is 33.8. The summed E-state index contributed by atoms with van der Waals surface area (Å²) in [6.07, 6.45) is 6.64. The van der Waals surface area contributed by atoms with Crippen LogP contribution in [0.25, 0.3) is 0 Å². The number of rotatable bonds is 1. The molecule has 9 heavy (non-hydrogen) atoms. The molecule has 0 bridgehead atoms. The molecule has 0 amide bonds. The van der Waals surface area contributed by atoms with Gasteiger partial charge in [0.25, 0.3) is 0 Å². The van der Waals surface area contributed by atoms with Gasteiger partial charge in [0.2, 0.25) is 0 Å². The molecule has 0 aromatic heterocycles. The monoisotopic (exact) mass is 154 g/mol. The molecule has 0 aromatic rings. The van der Waals surface area contributed by atoms with Gasteiger partial charge in [0.05, 0.1) is 0 Å². The number of hydrogen-bond donors (Lipinski definition) is 0. The Morgan fingerprint density at radius 1 is 0.889 bits per heavy atom. The van der Waals surface area contributed by atoms with Crippen LogP contribution in [-0.4, -0.2) is 0 Å². The van der Waals surface area contributed by atoms with Gasteiger partial charge in [0.1, 0.15) is 0 Å². The Hall–Kier alpha value is 1.000. The summed E-state index contributed by atoms with van der Waals surface area (Å²) in [5.74, 6) is 0. The minimum absolute atomic E-state index is 0. The smallest absolute Gasteiger partial charge is 0 e. The average molecular weight is 154 g/mol. The molecule has 0 saturated heterocycles. The van der Waals surface area contributed by atoms with E-state index in [1.165, 1.54) is 12.8 Å². The number of hydrogen-bond acceptors (Lipinski definition) is 0. The van der Waals surface area contributed by atoms with Gasteiger partial charge < -0.3 is 0 Å².